The maximum Gasteiger partial charge on any atom is 0.311 e. The van der Waals surface area contributed by atoms with E-state index in [1.54, 1.807) is 6.92 Å². The smallest absolute Gasteiger partial charge is 0.311 e. The monoisotopic (exact) mass is 245 g/mol. The maximum atomic E-state index is 12.7. The molecule has 1 rings (SSSR count). The van der Waals surface area contributed by atoms with Gasteiger partial charge in [0.15, 0.2) is 0 Å². The number of carbonyl (C=O) groups excluding carboxylic acids is 1. The van der Waals surface area contributed by atoms with Crippen molar-refractivity contribution in [1.82, 2.24) is 4.98 Å². The quantitative estimate of drug-likeness (QED) is 0.745. The first-order valence-electron chi connectivity index (χ1n) is 5.05. The van der Waals surface area contributed by atoms with Crippen LogP contribution in [0.3, 0.4) is 0 Å². The lowest BCUT2D eigenvalue weighted by molar-refractivity contribution is -0.142. The van der Waals surface area contributed by atoms with Crippen molar-refractivity contribution in [3.05, 3.63) is 23.5 Å². The normalized spacial score (nSPS) is 10.4. The molecule has 0 aromatic carbocycles. The zero-order valence-electron chi connectivity index (χ0n) is 9.57. The van der Waals surface area contributed by atoms with E-state index >= 15 is 0 Å². The summed E-state index contributed by atoms with van der Waals surface area (Å²) in [6.45, 7) is 1.85. The summed E-state index contributed by atoms with van der Waals surface area (Å²) in [6, 6.07) is 1.17. The molecule has 0 spiro atoms. The average Bonchev–Trinajstić information content (AvgIpc) is 2.29. The molecule has 0 amide bonds. The highest BCUT2D eigenvalue weighted by molar-refractivity contribution is 5.72. The fourth-order valence-corrected chi connectivity index (χ4v) is 1.29. The number of methoxy groups -OCH3 is 1. The third kappa shape index (κ3) is 3.65. The van der Waals surface area contributed by atoms with Crippen LogP contribution in [0, 0.1) is 0 Å². The van der Waals surface area contributed by atoms with E-state index in [1.807, 2.05) is 0 Å². The molecule has 17 heavy (non-hydrogen) atoms. The van der Waals surface area contributed by atoms with Crippen molar-refractivity contribution in [2.75, 3.05) is 13.7 Å². The van der Waals surface area contributed by atoms with Gasteiger partial charge >= 0.3 is 5.97 Å². The molecule has 0 radical (unpaired) electrons. The Bertz CT molecular complexity index is 396. The van der Waals surface area contributed by atoms with Gasteiger partial charge in [0.05, 0.1) is 32.0 Å². The molecular weight excluding hydrogens is 232 g/mol. The highest BCUT2D eigenvalue weighted by atomic mass is 19.3. The Labute approximate surface area is 97.6 Å². The van der Waals surface area contributed by atoms with Crippen molar-refractivity contribution in [2.45, 2.75) is 19.8 Å². The Balaban J connectivity index is 2.94. The summed E-state index contributed by atoms with van der Waals surface area (Å²) in [7, 11) is 1.36. The van der Waals surface area contributed by atoms with Crippen LogP contribution in [-0.2, 0) is 16.0 Å². The molecule has 1 aromatic heterocycles. The molecule has 0 atom stereocenters. The Morgan fingerprint density at radius 2 is 2.24 bits per heavy atom. The van der Waals surface area contributed by atoms with Crippen LogP contribution in [0.5, 0.6) is 5.75 Å². The highest BCUT2D eigenvalue weighted by Crippen LogP contribution is 2.25. The summed E-state index contributed by atoms with van der Waals surface area (Å²) in [4.78, 5) is 15.0. The number of pyridine rings is 1. The zero-order valence-corrected chi connectivity index (χ0v) is 9.57. The molecule has 6 heteroatoms. The molecular formula is C11H13F2NO3. The van der Waals surface area contributed by atoms with Crippen molar-refractivity contribution in [3.63, 3.8) is 0 Å². The van der Waals surface area contributed by atoms with Crippen LogP contribution in [0.2, 0.25) is 0 Å². The van der Waals surface area contributed by atoms with Crippen LogP contribution in [0.4, 0.5) is 8.78 Å². The first kappa shape index (κ1) is 13.3. The second kappa shape index (κ2) is 6.12. The summed E-state index contributed by atoms with van der Waals surface area (Å²) in [5.41, 5.74) is -0.295. The lowest BCUT2D eigenvalue weighted by Crippen LogP contribution is -2.11. The van der Waals surface area contributed by atoms with Crippen LogP contribution in [0.15, 0.2) is 12.3 Å². The van der Waals surface area contributed by atoms with E-state index < -0.39 is 12.4 Å². The summed E-state index contributed by atoms with van der Waals surface area (Å²) >= 11 is 0. The summed E-state index contributed by atoms with van der Waals surface area (Å²) in [5.74, 6) is -0.347. The average molecular weight is 245 g/mol. The van der Waals surface area contributed by atoms with E-state index in [0.717, 1.165) is 0 Å². The van der Waals surface area contributed by atoms with Crippen molar-refractivity contribution >= 4 is 5.97 Å². The number of ether oxygens (including phenoxy) is 2. The molecule has 0 saturated heterocycles. The van der Waals surface area contributed by atoms with Crippen LogP contribution < -0.4 is 4.74 Å². The molecule has 0 bridgehead atoms. The number of esters is 1. The van der Waals surface area contributed by atoms with E-state index in [-0.39, 0.29) is 30.0 Å². The molecule has 0 unspecified atom stereocenters. The molecule has 0 saturated carbocycles. The van der Waals surface area contributed by atoms with Crippen molar-refractivity contribution in [3.8, 4) is 5.75 Å². The molecule has 4 nitrogen and oxygen atoms in total. The van der Waals surface area contributed by atoms with E-state index in [1.165, 1.54) is 19.4 Å². The number of halogens is 2. The van der Waals surface area contributed by atoms with E-state index in [0.29, 0.717) is 0 Å². The molecule has 1 aromatic rings. The minimum atomic E-state index is -2.71. The van der Waals surface area contributed by atoms with Gasteiger partial charge in [0.2, 0.25) is 0 Å². The van der Waals surface area contributed by atoms with Crippen LogP contribution >= 0.6 is 0 Å². The van der Waals surface area contributed by atoms with Crippen molar-refractivity contribution < 1.29 is 23.0 Å². The van der Waals surface area contributed by atoms with Crippen molar-refractivity contribution in [1.29, 1.82) is 0 Å². The molecule has 0 aliphatic heterocycles. The van der Waals surface area contributed by atoms with E-state index in [4.69, 9.17) is 4.74 Å². The second-order valence-corrected chi connectivity index (χ2v) is 3.19. The van der Waals surface area contributed by atoms with E-state index in [9.17, 15) is 13.6 Å². The van der Waals surface area contributed by atoms with Gasteiger partial charge in [-0.2, -0.15) is 0 Å². The number of nitrogens with zero attached hydrogens (tertiary/aromatic N) is 1. The van der Waals surface area contributed by atoms with Gasteiger partial charge in [0, 0.05) is 5.56 Å². The van der Waals surface area contributed by atoms with Gasteiger partial charge in [-0.15, -0.1) is 0 Å². The lowest BCUT2D eigenvalue weighted by Gasteiger charge is -2.09. The number of hydrogen-bond acceptors (Lipinski definition) is 4. The van der Waals surface area contributed by atoms with Crippen LogP contribution in [0.25, 0.3) is 0 Å². The van der Waals surface area contributed by atoms with Crippen LogP contribution in [0.1, 0.15) is 24.6 Å². The predicted molar refractivity (Wildman–Crippen MR) is 56.1 cm³/mol. The van der Waals surface area contributed by atoms with Gasteiger partial charge < -0.3 is 9.47 Å². The van der Waals surface area contributed by atoms with E-state index in [2.05, 4.69) is 9.72 Å². The van der Waals surface area contributed by atoms with Gasteiger partial charge in [0.25, 0.3) is 6.43 Å². The van der Waals surface area contributed by atoms with Crippen molar-refractivity contribution in [2.24, 2.45) is 0 Å². The topological polar surface area (TPSA) is 48.4 Å². The molecule has 0 aliphatic carbocycles. The molecule has 0 N–H and O–H groups in total. The Morgan fingerprint density at radius 3 is 2.76 bits per heavy atom. The first-order valence-corrected chi connectivity index (χ1v) is 5.05. The number of alkyl halides is 2. The molecule has 0 fully saturated rings. The summed E-state index contributed by atoms with van der Waals surface area (Å²) in [5, 5.41) is 0. The summed E-state index contributed by atoms with van der Waals surface area (Å²) < 4.78 is 34.9. The maximum absolute atomic E-state index is 12.7. The fourth-order valence-electron chi connectivity index (χ4n) is 1.29. The summed E-state index contributed by atoms with van der Waals surface area (Å²) in [6.07, 6.45) is -1.68. The number of aromatic nitrogens is 1. The Hall–Kier alpha value is -1.72. The largest absolute Gasteiger partial charge is 0.495 e. The lowest BCUT2D eigenvalue weighted by atomic mass is 10.1. The predicted octanol–water partition coefficient (Wildman–Crippen LogP) is 2.13. The zero-order chi connectivity index (χ0) is 12.8. The standard InChI is InChI=1S/C11H13F2NO3/c1-3-17-10(15)5-9-8(11(12)13)4-7(16-2)6-14-9/h4,6,11H,3,5H2,1-2H3. The molecule has 94 valence electrons. The second-order valence-electron chi connectivity index (χ2n) is 3.19. The molecule has 0 aliphatic rings. The Kier molecular flexibility index (Phi) is 4.81. The van der Waals surface area contributed by atoms with Gasteiger partial charge in [-0.1, -0.05) is 0 Å². The van der Waals surface area contributed by atoms with Gasteiger partial charge in [-0.25, -0.2) is 8.78 Å². The van der Waals surface area contributed by atoms with Gasteiger partial charge in [0.1, 0.15) is 5.75 Å². The number of hydrogen-bond donors (Lipinski definition) is 0. The number of rotatable bonds is 5. The third-order valence-corrected chi connectivity index (χ3v) is 2.07. The fraction of sp³-hybridized carbons (Fsp3) is 0.455. The van der Waals surface area contributed by atoms with Crippen LogP contribution in [-0.4, -0.2) is 24.7 Å². The molecule has 1 heterocycles. The minimum absolute atomic E-state index is 0.0132. The van der Waals surface area contributed by atoms with Gasteiger partial charge in [-0.3, -0.25) is 9.78 Å². The minimum Gasteiger partial charge on any atom is -0.495 e. The van der Waals surface area contributed by atoms with Gasteiger partial charge in [-0.05, 0) is 13.0 Å². The third-order valence-electron chi connectivity index (χ3n) is 2.07. The SMILES string of the molecule is CCOC(=O)Cc1ncc(OC)cc1C(F)F. The Morgan fingerprint density at radius 1 is 1.53 bits per heavy atom. The highest BCUT2D eigenvalue weighted by Gasteiger charge is 2.18. The number of carbonyl (C=O) groups is 1. The first-order chi connectivity index (χ1) is 8.08.